The quantitative estimate of drug-likeness (QED) is 0.626. The van der Waals surface area contributed by atoms with E-state index in [0.717, 1.165) is 9.37 Å². The lowest BCUT2D eigenvalue weighted by molar-refractivity contribution is -0.139. The maximum Gasteiger partial charge on any atom is 0.318 e. The van der Waals surface area contributed by atoms with E-state index in [4.69, 9.17) is 0 Å². The zero-order valence-corrected chi connectivity index (χ0v) is 10.4. The third-order valence-corrected chi connectivity index (χ3v) is 3.21. The van der Waals surface area contributed by atoms with E-state index in [2.05, 4.69) is 20.7 Å². The van der Waals surface area contributed by atoms with Crippen molar-refractivity contribution >= 4 is 33.7 Å². The van der Waals surface area contributed by atoms with E-state index in [-0.39, 0.29) is 11.2 Å². The molecule has 1 rings (SSSR count). The van der Waals surface area contributed by atoms with E-state index >= 15 is 0 Å². The molecular weight excluding hydrogens is 264 g/mol. The summed E-state index contributed by atoms with van der Waals surface area (Å²) in [6.07, 6.45) is 0. The van der Waals surface area contributed by atoms with Gasteiger partial charge in [-0.1, -0.05) is 22.0 Å². The second-order valence-electron chi connectivity index (χ2n) is 2.74. The lowest BCUT2D eigenvalue weighted by Crippen LogP contribution is -2.14. The molecule has 0 aliphatic rings. The molecule has 4 heteroatoms. The van der Waals surface area contributed by atoms with Crippen LogP contribution in [0.4, 0.5) is 0 Å². The summed E-state index contributed by atoms with van der Waals surface area (Å²) in [7, 11) is 1.40. The Morgan fingerprint density at radius 2 is 2.29 bits per heavy atom. The fourth-order valence-electron chi connectivity index (χ4n) is 0.959. The highest BCUT2D eigenvalue weighted by atomic mass is 79.9. The van der Waals surface area contributed by atoms with E-state index in [1.54, 1.807) is 0 Å². The van der Waals surface area contributed by atoms with Gasteiger partial charge in [-0.05, 0) is 25.1 Å². The Hall–Kier alpha value is -0.480. The van der Waals surface area contributed by atoms with Crippen molar-refractivity contribution in [2.24, 2.45) is 0 Å². The van der Waals surface area contributed by atoms with Gasteiger partial charge in [0.05, 0.1) is 7.11 Å². The molecule has 0 amide bonds. The molecule has 0 saturated heterocycles. The van der Waals surface area contributed by atoms with Crippen LogP contribution >= 0.6 is 27.7 Å². The van der Waals surface area contributed by atoms with Gasteiger partial charge in [-0.3, -0.25) is 4.79 Å². The van der Waals surface area contributed by atoms with E-state index < -0.39 is 0 Å². The van der Waals surface area contributed by atoms with Gasteiger partial charge in [0.2, 0.25) is 0 Å². The average Bonchev–Trinajstić information content (AvgIpc) is 2.16. The number of carbonyl (C=O) groups excluding carboxylic acids is 1. The Labute approximate surface area is 96.2 Å². The van der Waals surface area contributed by atoms with Gasteiger partial charge >= 0.3 is 5.97 Å². The molecule has 0 aliphatic carbocycles. The number of ether oxygens (including phenoxy) is 1. The number of esters is 1. The van der Waals surface area contributed by atoms with Crippen LogP contribution in [-0.2, 0) is 9.53 Å². The number of methoxy groups -OCH3 is 1. The molecule has 0 heterocycles. The Bertz CT molecular complexity index is 328. The maximum absolute atomic E-state index is 11.1. The number of halogens is 1. The summed E-state index contributed by atoms with van der Waals surface area (Å²) >= 11 is 4.86. The molecule has 1 atom stereocenters. The smallest absolute Gasteiger partial charge is 0.318 e. The Balaban J connectivity index is 2.64. The molecular formula is C10H11BrO2S. The summed E-state index contributed by atoms with van der Waals surface area (Å²) < 4.78 is 5.66. The fourth-order valence-corrected chi connectivity index (χ4v) is 2.46. The summed E-state index contributed by atoms with van der Waals surface area (Å²) in [4.78, 5) is 12.2. The Morgan fingerprint density at radius 3 is 2.86 bits per heavy atom. The largest absolute Gasteiger partial charge is 0.468 e. The van der Waals surface area contributed by atoms with E-state index in [0.29, 0.717) is 0 Å². The monoisotopic (exact) mass is 274 g/mol. The molecule has 0 spiro atoms. The topological polar surface area (TPSA) is 26.3 Å². The Kier molecular flexibility index (Phi) is 4.48. The highest BCUT2D eigenvalue weighted by Gasteiger charge is 2.14. The molecule has 0 radical (unpaired) electrons. The number of hydrogen-bond donors (Lipinski definition) is 0. The van der Waals surface area contributed by atoms with Gasteiger partial charge in [0.25, 0.3) is 0 Å². The van der Waals surface area contributed by atoms with Crippen molar-refractivity contribution in [1.29, 1.82) is 0 Å². The molecule has 1 aromatic rings. The first-order valence-corrected chi connectivity index (χ1v) is 5.81. The standard InChI is InChI=1S/C10H11BrO2S/c1-7(10(12)13-2)14-9-5-3-4-8(11)6-9/h3-7H,1-2H3. The number of benzene rings is 1. The molecule has 0 aliphatic heterocycles. The van der Waals surface area contributed by atoms with Crippen LogP contribution in [0.25, 0.3) is 0 Å². The van der Waals surface area contributed by atoms with Gasteiger partial charge in [0.15, 0.2) is 0 Å². The van der Waals surface area contributed by atoms with E-state index in [9.17, 15) is 4.79 Å². The van der Waals surface area contributed by atoms with Crippen molar-refractivity contribution in [2.75, 3.05) is 7.11 Å². The van der Waals surface area contributed by atoms with Crippen molar-refractivity contribution < 1.29 is 9.53 Å². The summed E-state index contributed by atoms with van der Waals surface area (Å²) in [5.41, 5.74) is 0. The molecule has 0 saturated carbocycles. The Morgan fingerprint density at radius 1 is 1.57 bits per heavy atom. The van der Waals surface area contributed by atoms with Crippen LogP contribution in [0.15, 0.2) is 33.6 Å². The molecule has 0 fully saturated rings. The van der Waals surface area contributed by atoms with Crippen LogP contribution < -0.4 is 0 Å². The van der Waals surface area contributed by atoms with Crippen LogP contribution in [0.2, 0.25) is 0 Å². The summed E-state index contributed by atoms with van der Waals surface area (Å²) in [5.74, 6) is -0.199. The third kappa shape index (κ3) is 3.35. The average molecular weight is 275 g/mol. The first kappa shape index (κ1) is 11.6. The molecule has 14 heavy (non-hydrogen) atoms. The second-order valence-corrected chi connectivity index (χ2v) is 5.07. The minimum Gasteiger partial charge on any atom is -0.468 e. The maximum atomic E-state index is 11.1. The number of rotatable bonds is 3. The fraction of sp³-hybridized carbons (Fsp3) is 0.300. The molecule has 76 valence electrons. The zero-order chi connectivity index (χ0) is 10.6. The van der Waals surface area contributed by atoms with Gasteiger partial charge in [0.1, 0.15) is 5.25 Å². The van der Waals surface area contributed by atoms with Crippen molar-refractivity contribution in [3.05, 3.63) is 28.7 Å². The van der Waals surface area contributed by atoms with Gasteiger partial charge in [-0.15, -0.1) is 11.8 Å². The van der Waals surface area contributed by atoms with E-state index in [1.807, 2.05) is 31.2 Å². The lowest BCUT2D eigenvalue weighted by Gasteiger charge is -2.08. The van der Waals surface area contributed by atoms with Crippen molar-refractivity contribution in [2.45, 2.75) is 17.1 Å². The number of hydrogen-bond acceptors (Lipinski definition) is 3. The van der Waals surface area contributed by atoms with Crippen molar-refractivity contribution in [3.8, 4) is 0 Å². The molecule has 0 bridgehead atoms. The minimum absolute atomic E-state index is 0.172. The van der Waals surface area contributed by atoms with Gasteiger partial charge in [-0.2, -0.15) is 0 Å². The highest BCUT2D eigenvalue weighted by Crippen LogP contribution is 2.26. The minimum atomic E-state index is -0.199. The first-order chi connectivity index (χ1) is 6.63. The normalized spacial score (nSPS) is 12.2. The van der Waals surface area contributed by atoms with Crippen molar-refractivity contribution in [3.63, 3.8) is 0 Å². The SMILES string of the molecule is COC(=O)C(C)Sc1cccc(Br)c1. The highest BCUT2D eigenvalue weighted by molar-refractivity contribution is 9.10. The van der Waals surface area contributed by atoms with Gasteiger partial charge in [-0.25, -0.2) is 0 Å². The van der Waals surface area contributed by atoms with E-state index in [1.165, 1.54) is 18.9 Å². The summed E-state index contributed by atoms with van der Waals surface area (Å²) in [5, 5.41) is -0.172. The zero-order valence-electron chi connectivity index (χ0n) is 7.99. The first-order valence-electron chi connectivity index (χ1n) is 4.13. The van der Waals surface area contributed by atoms with Crippen LogP contribution in [0.5, 0.6) is 0 Å². The van der Waals surface area contributed by atoms with Crippen LogP contribution in [0.1, 0.15) is 6.92 Å². The summed E-state index contributed by atoms with van der Waals surface area (Å²) in [6, 6.07) is 7.84. The third-order valence-electron chi connectivity index (χ3n) is 1.64. The predicted molar refractivity (Wildman–Crippen MR) is 61.5 cm³/mol. The molecule has 0 N–H and O–H groups in total. The summed E-state index contributed by atoms with van der Waals surface area (Å²) in [6.45, 7) is 1.83. The van der Waals surface area contributed by atoms with Crippen LogP contribution in [0.3, 0.4) is 0 Å². The lowest BCUT2D eigenvalue weighted by atomic mass is 10.4. The predicted octanol–water partition coefficient (Wildman–Crippen LogP) is 3.10. The second kappa shape index (κ2) is 5.41. The van der Waals surface area contributed by atoms with Crippen LogP contribution in [0, 0.1) is 0 Å². The van der Waals surface area contributed by atoms with Crippen LogP contribution in [-0.4, -0.2) is 18.3 Å². The van der Waals surface area contributed by atoms with Gasteiger partial charge in [0, 0.05) is 9.37 Å². The van der Waals surface area contributed by atoms with Crippen molar-refractivity contribution in [1.82, 2.24) is 0 Å². The van der Waals surface area contributed by atoms with Gasteiger partial charge < -0.3 is 4.74 Å². The number of thioether (sulfide) groups is 1. The molecule has 1 aromatic carbocycles. The molecule has 1 unspecified atom stereocenters. The molecule has 2 nitrogen and oxygen atoms in total. The number of carbonyl (C=O) groups is 1. The molecule has 0 aromatic heterocycles.